The quantitative estimate of drug-likeness (QED) is 0.464. The largest absolute Gasteiger partial charge is 0.376 e. The topological polar surface area (TPSA) is 83.8 Å². The van der Waals surface area contributed by atoms with Gasteiger partial charge >= 0.3 is 0 Å². The maximum Gasteiger partial charge on any atom is 0.147 e. The van der Waals surface area contributed by atoms with E-state index in [1.165, 1.54) is 18.4 Å². The SMILES string of the molecule is CO[C@H](c1ccc(-c2nncs2)cc1)[C@@H](CF)N=[N+]=[N-]. The summed E-state index contributed by atoms with van der Waals surface area (Å²) in [6.45, 7) is -0.777. The molecule has 2 rings (SSSR count). The van der Waals surface area contributed by atoms with E-state index in [0.717, 1.165) is 16.1 Å². The Kier molecular flexibility index (Phi) is 5.00. The molecule has 0 radical (unpaired) electrons. The average Bonchev–Trinajstić information content (AvgIpc) is 3.02. The minimum atomic E-state index is -0.877. The van der Waals surface area contributed by atoms with Crippen LogP contribution in [-0.4, -0.2) is 30.0 Å². The number of azide groups is 1. The third kappa shape index (κ3) is 3.11. The molecule has 0 unspecified atom stereocenters. The Labute approximate surface area is 118 Å². The van der Waals surface area contributed by atoms with Gasteiger partial charge in [0.15, 0.2) is 0 Å². The van der Waals surface area contributed by atoms with Gasteiger partial charge in [-0.15, -0.1) is 10.2 Å². The van der Waals surface area contributed by atoms with Gasteiger partial charge in [-0.25, -0.2) is 0 Å². The number of nitrogens with zero attached hydrogens (tertiary/aromatic N) is 5. The Bertz CT molecular complexity index is 582. The maximum absolute atomic E-state index is 12.9. The van der Waals surface area contributed by atoms with Crippen LogP contribution in [-0.2, 0) is 4.74 Å². The molecule has 1 aromatic heterocycles. The van der Waals surface area contributed by atoms with Crippen LogP contribution in [0.1, 0.15) is 11.7 Å². The second-order valence-corrected chi connectivity index (χ2v) is 4.78. The van der Waals surface area contributed by atoms with E-state index < -0.39 is 18.8 Å². The second-order valence-electron chi connectivity index (χ2n) is 3.95. The number of hydrogen-bond donors (Lipinski definition) is 0. The van der Waals surface area contributed by atoms with Gasteiger partial charge in [-0.3, -0.25) is 4.39 Å². The predicted octanol–water partition coefficient (Wildman–Crippen LogP) is 3.54. The van der Waals surface area contributed by atoms with E-state index in [9.17, 15) is 4.39 Å². The first kappa shape index (κ1) is 14.4. The Morgan fingerprint density at radius 3 is 2.70 bits per heavy atom. The molecule has 0 bridgehead atoms. The molecule has 2 atom stereocenters. The summed E-state index contributed by atoms with van der Waals surface area (Å²) < 4.78 is 18.2. The van der Waals surface area contributed by atoms with Crippen LogP contribution < -0.4 is 0 Å². The van der Waals surface area contributed by atoms with E-state index in [2.05, 4.69) is 20.2 Å². The van der Waals surface area contributed by atoms with Crippen molar-refractivity contribution in [3.8, 4) is 10.6 Å². The highest BCUT2D eigenvalue weighted by Gasteiger charge is 2.22. The van der Waals surface area contributed by atoms with Crippen molar-refractivity contribution < 1.29 is 9.13 Å². The molecule has 0 saturated heterocycles. The Morgan fingerprint density at radius 1 is 1.45 bits per heavy atom. The fraction of sp³-hybridized carbons (Fsp3) is 0.333. The van der Waals surface area contributed by atoms with Gasteiger partial charge in [0.1, 0.15) is 17.2 Å². The zero-order valence-electron chi connectivity index (χ0n) is 10.7. The first-order valence-corrected chi connectivity index (χ1v) is 6.67. The zero-order chi connectivity index (χ0) is 14.4. The van der Waals surface area contributed by atoms with Crippen LogP contribution in [0.25, 0.3) is 21.0 Å². The van der Waals surface area contributed by atoms with Crippen molar-refractivity contribution in [1.82, 2.24) is 10.2 Å². The molecule has 0 amide bonds. The van der Waals surface area contributed by atoms with E-state index in [4.69, 9.17) is 10.3 Å². The summed E-state index contributed by atoms with van der Waals surface area (Å²) >= 11 is 1.43. The number of halogens is 1. The zero-order valence-corrected chi connectivity index (χ0v) is 11.5. The molecule has 0 aliphatic rings. The van der Waals surface area contributed by atoms with Gasteiger partial charge in [0, 0.05) is 17.6 Å². The van der Waals surface area contributed by atoms with Crippen LogP contribution in [0.15, 0.2) is 34.9 Å². The number of rotatable bonds is 6. The molecule has 0 aliphatic carbocycles. The molecular formula is C12H12FN5OS. The highest BCUT2D eigenvalue weighted by Crippen LogP contribution is 2.27. The summed E-state index contributed by atoms with van der Waals surface area (Å²) in [5, 5.41) is 12.0. The standard InChI is InChI=1S/C12H12FN5OS/c1-19-11(10(6-13)16-18-14)8-2-4-9(5-3-8)12-17-15-7-20-12/h2-5,7,10-11H,6H2,1H3/t10-,11-/m1/s1. The lowest BCUT2D eigenvalue weighted by Crippen LogP contribution is -2.20. The first-order valence-electron chi connectivity index (χ1n) is 5.79. The number of aromatic nitrogens is 2. The summed E-state index contributed by atoms with van der Waals surface area (Å²) in [4.78, 5) is 2.65. The van der Waals surface area contributed by atoms with Gasteiger partial charge in [0.25, 0.3) is 0 Å². The summed E-state index contributed by atoms with van der Waals surface area (Å²) in [5.74, 6) is 0. The lowest BCUT2D eigenvalue weighted by molar-refractivity contribution is 0.0722. The highest BCUT2D eigenvalue weighted by atomic mass is 32.1. The fourth-order valence-corrected chi connectivity index (χ4v) is 2.43. The van der Waals surface area contributed by atoms with Crippen LogP contribution in [0.4, 0.5) is 4.39 Å². The van der Waals surface area contributed by atoms with Crippen LogP contribution in [0.2, 0.25) is 0 Å². The smallest absolute Gasteiger partial charge is 0.147 e. The van der Waals surface area contributed by atoms with Crippen molar-refractivity contribution in [2.24, 2.45) is 5.11 Å². The van der Waals surface area contributed by atoms with Gasteiger partial charge in [-0.1, -0.05) is 40.7 Å². The Balaban J connectivity index is 2.25. The predicted molar refractivity (Wildman–Crippen MR) is 74.0 cm³/mol. The Morgan fingerprint density at radius 2 is 2.20 bits per heavy atom. The summed E-state index contributed by atoms with van der Waals surface area (Å²) in [5.41, 5.74) is 11.8. The van der Waals surface area contributed by atoms with E-state index in [1.807, 2.05) is 12.1 Å². The molecule has 6 nitrogen and oxygen atoms in total. The van der Waals surface area contributed by atoms with Gasteiger partial charge in [0.05, 0.1) is 12.1 Å². The van der Waals surface area contributed by atoms with Gasteiger partial charge in [0.2, 0.25) is 0 Å². The molecule has 1 heterocycles. The summed E-state index contributed by atoms with van der Waals surface area (Å²) in [6, 6.07) is 6.44. The average molecular weight is 293 g/mol. The third-order valence-electron chi connectivity index (χ3n) is 2.81. The minimum absolute atomic E-state index is 0.612. The van der Waals surface area contributed by atoms with Crippen molar-refractivity contribution in [1.29, 1.82) is 0 Å². The van der Waals surface area contributed by atoms with Gasteiger partial charge in [-0.2, -0.15) is 0 Å². The van der Waals surface area contributed by atoms with Crippen molar-refractivity contribution in [3.05, 3.63) is 45.8 Å². The van der Waals surface area contributed by atoms with Crippen molar-refractivity contribution in [3.63, 3.8) is 0 Å². The van der Waals surface area contributed by atoms with Crippen LogP contribution in [0.5, 0.6) is 0 Å². The molecule has 0 spiro atoms. The first-order chi connectivity index (χ1) is 9.80. The maximum atomic E-state index is 12.9. The van der Waals surface area contributed by atoms with Gasteiger partial charge < -0.3 is 4.74 Å². The molecule has 0 saturated carbocycles. The lowest BCUT2D eigenvalue weighted by Gasteiger charge is -2.20. The molecule has 0 aliphatic heterocycles. The Hall–Kier alpha value is -2.02. The lowest BCUT2D eigenvalue weighted by atomic mass is 10.0. The number of methoxy groups -OCH3 is 1. The van der Waals surface area contributed by atoms with E-state index in [0.29, 0.717) is 0 Å². The molecule has 1 aromatic carbocycles. The molecule has 20 heavy (non-hydrogen) atoms. The van der Waals surface area contributed by atoms with Crippen molar-refractivity contribution >= 4 is 11.3 Å². The molecule has 2 aromatic rings. The monoisotopic (exact) mass is 293 g/mol. The van der Waals surface area contributed by atoms with E-state index in [1.54, 1.807) is 17.6 Å². The van der Waals surface area contributed by atoms with E-state index in [-0.39, 0.29) is 0 Å². The number of ether oxygens (including phenoxy) is 1. The van der Waals surface area contributed by atoms with Crippen LogP contribution in [0, 0.1) is 0 Å². The van der Waals surface area contributed by atoms with Crippen molar-refractivity contribution in [2.75, 3.05) is 13.8 Å². The van der Waals surface area contributed by atoms with Crippen LogP contribution >= 0.6 is 11.3 Å². The number of benzene rings is 1. The number of hydrogen-bond acceptors (Lipinski definition) is 5. The molecule has 8 heteroatoms. The molecular weight excluding hydrogens is 281 g/mol. The summed E-state index contributed by atoms with van der Waals surface area (Å²) in [6.07, 6.45) is -0.612. The molecule has 104 valence electrons. The third-order valence-corrected chi connectivity index (χ3v) is 3.55. The number of alkyl halides is 1. The van der Waals surface area contributed by atoms with Crippen LogP contribution in [0.3, 0.4) is 0 Å². The second kappa shape index (κ2) is 6.95. The van der Waals surface area contributed by atoms with E-state index >= 15 is 0 Å². The summed E-state index contributed by atoms with van der Waals surface area (Å²) in [7, 11) is 1.46. The molecule has 0 fully saturated rings. The van der Waals surface area contributed by atoms with Gasteiger partial charge in [-0.05, 0) is 11.1 Å². The molecule has 0 N–H and O–H groups in total. The normalized spacial score (nSPS) is 13.5. The highest BCUT2D eigenvalue weighted by molar-refractivity contribution is 7.12. The van der Waals surface area contributed by atoms with Crippen molar-refractivity contribution in [2.45, 2.75) is 12.1 Å². The fourth-order valence-electron chi connectivity index (χ4n) is 1.87. The minimum Gasteiger partial charge on any atom is -0.376 e.